The monoisotopic (exact) mass is 295 g/mol. The summed E-state index contributed by atoms with van der Waals surface area (Å²) >= 11 is 2.82. The van der Waals surface area contributed by atoms with Crippen LogP contribution in [0.2, 0.25) is 0 Å². The zero-order valence-corrected chi connectivity index (χ0v) is 12.1. The number of benzene rings is 1. The number of hydrogen-bond donors (Lipinski definition) is 1. The van der Waals surface area contributed by atoms with E-state index in [1.165, 1.54) is 17.8 Å². The van der Waals surface area contributed by atoms with Crippen molar-refractivity contribution >= 4 is 29.0 Å². The number of rotatable bonds is 5. The highest BCUT2D eigenvalue weighted by Gasteiger charge is 2.11. The SMILES string of the molecule is CC(NC(=O)CSc1ccccc1F)c1cccs1. The van der Waals surface area contributed by atoms with Gasteiger partial charge in [-0.15, -0.1) is 23.1 Å². The fourth-order valence-corrected chi connectivity index (χ4v) is 3.08. The highest BCUT2D eigenvalue weighted by Crippen LogP contribution is 2.22. The molecule has 1 heterocycles. The number of halogens is 1. The molecular formula is C14H14FNOS2. The van der Waals surface area contributed by atoms with Gasteiger partial charge in [0, 0.05) is 9.77 Å². The third-order valence-corrected chi connectivity index (χ3v) is 4.65. The van der Waals surface area contributed by atoms with Crippen molar-refractivity contribution in [2.24, 2.45) is 0 Å². The van der Waals surface area contributed by atoms with Crippen molar-refractivity contribution in [2.45, 2.75) is 17.9 Å². The summed E-state index contributed by atoms with van der Waals surface area (Å²) in [6.45, 7) is 1.94. The Morgan fingerprint density at radius 2 is 2.16 bits per heavy atom. The number of thiophene rings is 1. The second kappa shape index (κ2) is 6.73. The summed E-state index contributed by atoms with van der Waals surface area (Å²) in [6, 6.07) is 10.4. The van der Waals surface area contributed by atoms with Crippen LogP contribution in [0.15, 0.2) is 46.7 Å². The Kier molecular flexibility index (Phi) is 4.99. The van der Waals surface area contributed by atoms with E-state index in [0.29, 0.717) is 4.90 Å². The van der Waals surface area contributed by atoms with Crippen LogP contribution in [-0.4, -0.2) is 11.7 Å². The number of carbonyl (C=O) groups excluding carboxylic acids is 1. The van der Waals surface area contributed by atoms with Gasteiger partial charge in [-0.3, -0.25) is 4.79 Å². The summed E-state index contributed by atoms with van der Waals surface area (Å²) in [6.07, 6.45) is 0. The fourth-order valence-electron chi connectivity index (χ4n) is 1.60. The van der Waals surface area contributed by atoms with Crippen LogP contribution in [-0.2, 0) is 4.79 Å². The lowest BCUT2D eigenvalue weighted by atomic mass is 10.3. The maximum atomic E-state index is 13.4. The first-order chi connectivity index (χ1) is 9.16. The first-order valence-electron chi connectivity index (χ1n) is 5.87. The van der Waals surface area contributed by atoms with E-state index in [2.05, 4.69) is 5.32 Å². The number of nitrogens with one attached hydrogen (secondary N) is 1. The van der Waals surface area contributed by atoms with Crippen molar-refractivity contribution in [3.63, 3.8) is 0 Å². The quantitative estimate of drug-likeness (QED) is 0.849. The molecule has 2 rings (SSSR count). The van der Waals surface area contributed by atoms with Gasteiger partial charge in [-0.1, -0.05) is 18.2 Å². The van der Waals surface area contributed by atoms with Crippen LogP contribution in [0.1, 0.15) is 17.8 Å². The van der Waals surface area contributed by atoms with Crippen molar-refractivity contribution in [3.8, 4) is 0 Å². The molecule has 100 valence electrons. The lowest BCUT2D eigenvalue weighted by Crippen LogP contribution is -2.27. The van der Waals surface area contributed by atoms with Gasteiger partial charge >= 0.3 is 0 Å². The van der Waals surface area contributed by atoms with E-state index >= 15 is 0 Å². The fraction of sp³-hybridized carbons (Fsp3) is 0.214. The summed E-state index contributed by atoms with van der Waals surface area (Å²) in [5.41, 5.74) is 0. The standard InChI is InChI=1S/C14H14FNOS2/c1-10(12-7-4-8-18-12)16-14(17)9-19-13-6-3-2-5-11(13)15/h2-8,10H,9H2,1H3,(H,16,17). The van der Waals surface area contributed by atoms with Crippen molar-refractivity contribution < 1.29 is 9.18 Å². The predicted octanol–water partition coefficient (Wildman–Crippen LogP) is 3.86. The zero-order chi connectivity index (χ0) is 13.7. The maximum Gasteiger partial charge on any atom is 0.230 e. The van der Waals surface area contributed by atoms with E-state index in [0.717, 1.165) is 4.88 Å². The van der Waals surface area contributed by atoms with Gasteiger partial charge in [0.15, 0.2) is 0 Å². The first kappa shape index (κ1) is 14.1. The van der Waals surface area contributed by atoms with Crippen molar-refractivity contribution in [1.29, 1.82) is 0 Å². The van der Waals surface area contributed by atoms with Gasteiger partial charge in [0.2, 0.25) is 5.91 Å². The second-order valence-corrected chi connectivity index (χ2v) is 6.02. The number of thioether (sulfide) groups is 1. The number of hydrogen-bond acceptors (Lipinski definition) is 3. The van der Waals surface area contributed by atoms with Crippen LogP contribution in [0.4, 0.5) is 4.39 Å². The van der Waals surface area contributed by atoms with E-state index in [-0.39, 0.29) is 23.5 Å². The van der Waals surface area contributed by atoms with Gasteiger partial charge in [0.25, 0.3) is 0 Å². The molecule has 0 aliphatic rings. The number of carbonyl (C=O) groups is 1. The average molecular weight is 295 g/mol. The zero-order valence-electron chi connectivity index (χ0n) is 10.4. The molecule has 0 radical (unpaired) electrons. The smallest absolute Gasteiger partial charge is 0.230 e. The van der Waals surface area contributed by atoms with Crippen LogP contribution >= 0.6 is 23.1 Å². The van der Waals surface area contributed by atoms with Crippen molar-refractivity contribution in [1.82, 2.24) is 5.32 Å². The Balaban J connectivity index is 1.84. The van der Waals surface area contributed by atoms with E-state index in [1.807, 2.05) is 24.4 Å². The summed E-state index contributed by atoms with van der Waals surface area (Å²) in [5, 5.41) is 4.88. The molecule has 1 aromatic heterocycles. The first-order valence-corrected chi connectivity index (χ1v) is 7.73. The Hall–Kier alpha value is -1.33. The summed E-state index contributed by atoms with van der Waals surface area (Å²) in [4.78, 5) is 13.4. The molecule has 1 amide bonds. The highest BCUT2D eigenvalue weighted by molar-refractivity contribution is 8.00. The van der Waals surface area contributed by atoms with Crippen LogP contribution < -0.4 is 5.32 Å². The minimum Gasteiger partial charge on any atom is -0.348 e. The molecule has 1 N–H and O–H groups in total. The van der Waals surface area contributed by atoms with Crippen molar-refractivity contribution in [2.75, 3.05) is 5.75 Å². The molecule has 19 heavy (non-hydrogen) atoms. The van der Waals surface area contributed by atoms with Gasteiger partial charge in [0.1, 0.15) is 5.82 Å². The van der Waals surface area contributed by atoms with Gasteiger partial charge in [-0.25, -0.2) is 4.39 Å². The third kappa shape index (κ3) is 4.08. The molecule has 0 aliphatic carbocycles. The Morgan fingerprint density at radius 1 is 1.37 bits per heavy atom. The van der Waals surface area contributed by atoms with Crippen molar-refractivity contribution in [3.05, 3.63) is 52.5 Å². The molecule has 1 atom stereocenters. The number of amides is 1. The summed E-state index contributed by atoms with van der Waals surface area (Å²) in [5.74, 6) is -0.155. The highest BCUT2D eigenvalue weighted by atomic mass is 32.2. The van der Waals surface area contributed by atoms with Gasteiger partial charge in [-0.2, -0.15) is 0 Å². The van der Waals surface area contributed by atoms with E-state index in [1.54, 1.807) is 29.5 Å². The Morgan fingerprint density at radius 3 is 2.84 bits per heavy atom. The predicted molar refractivity (Wildman–Crippen MR) is 78.0 cm³/mol. The third-order valence-electron chi connectivity index (χ3n) is 2.54. The average Bonchev–Trinajstić information content (AvgIpc) is 2.91. The normalized spacial score (nSPS) is 12.1. The van der Waals surface area contributed by atoms with Crippen LogP contribution in [0, 0.1) is 5.82 Å². The minimum atomic E-state index is -0.286. The molecule has 0 saturated carbocycles. The molecule has 0 fully saturated rings. The molecule has 0 saturated heterocycles. The molecule has 1 unspecified atom stereocenters. The van der Waals surface area contributed by atoms with E-state index in [9.17, 15) is 9.18 Å². The molecular weight excluding hydrogens is 281 g/mol. The molecule has 0 spiro atoms. The van der Waals surface area contributed by atoms with Gasteiger partial charge in [0.05, 0.1) is 11.8 Å². The summed E-state index contributed by atoms with van der Waals surface area (Å²) < 4.78 is 13.4. The Labute approximate surface area is 120 Å². The second-order valence-electron chi connectivity index (χ2n) is 4.02. The molecule has 1 aromatic carbocycles. The minimum absolute atomic E-state index is 0.00581. The van der Waals surface area contributed by atoms with E-state index < -0.39 is 0 Å². The Bertz CT molecular complexity index is 542. The van der Waals surface area contributed by atoms with E-state index in [4.69, 9.17) is 0 Å². The lowest BCUT2D eigenvalue weighted by molar-refractivity contribution is -0.119. The maximum absolute atomic E-state index is 13.4. The van der Waals surface area contributed by atoms with Gasteiger partial charge < -0.3 is 5.32 Å². The molecule has 5 heteroatoms. The molecule has 0 bridgehead atoms. The topological polar surface area (TPSA) is 29.1 Å². The van der Waals surface area contributed by atoms with Gasteiger partial charge in [-0.05, 0) is 30.5 Å². The van der Waals surface area contributed by atoms with Crippen LogP contribution in [0.25, 0.3) is 0 Å². The van der Waals surface area contributed by atoms with Crippen LogP contribution in [0.5, 0.6) is 0 Å². The van der Waals surface area contributed by atoms with Crippen LogP contribution in [0.3, 0.4) is 0 Å². The molecule has 2 nitrogen and oxygen atoms in total. The molecule has 2 aromatic rings. The summed E-state index contributed by atoms with van der Waals surface area (Å²) in [7, 11) is 0. The lowest BCUT2D eigenvalue weighted by Gasteiger charge is -2.12. The molecule has 0 aliphatic heterocycles. The largest absolute Gasteiger partial charge is 0.348 e.